The number of rotatable bonds is 4. The Kier molecular flexibility index (Phi) is 3.68. The zero-order valence-electron chi connectivity index (χ0n) is 12.2. The Labute approximate surface area is 124 Å². The van der Waals surface area contributed by atoms with Crippen LogP contribution >= 0.6 is 0 Å². The number of anilines is 1. The van der Waals surface area contributed by atoms with Crippen LogP contribution in [0.3, 0.4) is 0 Å². The minimum absolute atomic E-state index is 0.0397. The molecule has 1 N–H and O–H groups in total. The lowest BCUT2D eigenvalue weighted by Crippen LogP contribution is -2.50. The van der Waals surface area contributed by atoms with Crippen LogP contribution in [0.5, 0.6) is 0 Å². The first-order valence-corrected chi connectivity index (χ1v) is 7.42. The highest BCUT2D eigenvalue weighted by Gasteiger charge is 2.42. The Hall–Kier alpha value is -1.88. The van der Waals surface area contributed by atoms with Crippen molar-refractivity contribution in [2.75, 3.05) is 18.1 Å². The molecule has 1 aromatic rings. The second-order valence-electron chi connectivity index (χ2n) is 5.72. The third-order valence-electron chi connectivity index (χ3n) is 4.21. The highest BCUT2D eigenvalue weighted by Crippen LogP contribution is 2.35. The van der Waals surface area contributed by atoms with Gasteiger partial charge in [-0.2, -0.15) is 0 Å². The van der Waals surface area contributed by atoms with Gasteiger partial charge < -0.3 is 10.0 Å². The molecule has 0 saturated heterocycles. The zero-order chi connectivity index (χ0) is 15.0. The van der Waals surface area contributed by atoms with Gasteiger partial charge in [-0.05, 0) is 24.5 Å². The van der Waals surface area contributed by atoms with E-state index in [2.05, 4.69) is 0 Å². The van der Waals surface area contributed by atoms with Gasteiger partial charge in [-0.15, -0.1) is 0 Å². The summed E-state index contributed by atoms with van der Waals surface area (Å²) in [6.07, 6.45) is 2.54. The smallest absolute Gasteiger partial charge is 0.246 e. The normalized spacial score (nSPS) is 20.3. The van der Waals surface area contributed by atoms with Crippen LogP contribution < -0.4 is 4.90 Å². The Morgan fingerprint density at radius 2 is 2.05 bits per heavy atom. The van der Waals surface area contributed by atoms with Gasteiger partial charge in [0.1, 0.15) is 6.04 Å². The summed E-state index contributed by atoms with van der Waals surface area (Å²) in [6.45, 7) is 1.81. The van der Waals surface area contributed by atoms with E-state index in [4.69, 9.17) is 0 Å². The number of fused-ring (bicyclic) bond motifs is 1. The largest absolute Gasteiger partial charge is 0.395 e. The fourth-order valence-electron chi connectivity index (χ4n) is 3.13. The maximum absolute atomic E-state index is 12.8. The molecule has 1 aliphatic carbocycles. The molecule has 112 valence electrons. The third kappa shape index (κ3) is 2.53. The Bertz CT molecular complexity index is 568. The number of hydrogen-bond donors (Lipinski definition) is 1. The van der Waals surface area contributed by atoms with Crippen molar-refractivity contribution in [2.24, 2.45) is 0 Å². The van der Waals surface area contributed by atoms with Crippen LogP contribution in [-0.4, -0.2) is 47.1 Å². The SMILES string of the molecule is CC(=O)N1c2ccccc2C[C@H]1C(=O)N(CCO)C1CC1. The molecule has 5 heteroatoms. The number of aliphatic hydroxyl groups is 1. The van der Waals surface area contributed by atoms with Crippen LogP contribution in [0.25, 0.3) is 0 Å². The van der Waals surface area contributed by atoms with E-state index in [1.807, 2.05) is 24.3 Å². The number of aliphatic hydroxyl groups excluding tert-OH is 1. The van der Waals surface area contributed by atoms with Gasteiger partial charge in [0.05, 0.1) is 6.61 Å². The second kappa shape index (κ2) is 5.48. The van der Waals surface area contributed by atoms with Crippen LogP contribution in [-0.2, 0) is 16.0 Å². The Morgan fingerprint density at radius 1 is 1.33 bits per heavy atom. The summed E-state index contributed by atoms with van der Waals surface area (Å²) >= 11 is 0. The quantitative estimate of drug-likeness (QED) is 0.897. The van der Waals surface area contributed by atoms with Crippen molar-refractivity contribution >= 4 is 17.5 Å². The van der Waals surface area contributed by atoms with E-state index in [0.29, 0.717) is 13.0 Å². The first kappa shape index (κ1) is 14.1. The molecule has 2 aliphatic rings. The van der Waals surface area contributed by atoms with Crippen LogP contribution in [0, 0.1) is 0 Å². The lowest BCUT2D eigenvalue weighted by molar-refractivity contribution is -0.135. The average molecular weight is 288 g/mol. The molecule has 1 aliphatic heterocycles. The molecule has 0 aromatic heterocycles. The third-order valence-corrected chi connectivity index (χ3v) is 4.21. The highest BCUT2D eigenvalue weighted by molar-refractivity contribution is 6.02. The van der Waals surface area contributed by atoms with Gasteiger partial charge in [-0.3, -0.25) is 14.5 Å². The number of benzene rings is 1. The molecule has 0 radical (unpaired) electrons. The predicted octanol–water partition coefficient (Wildman–Crippen LogP) is 0.948. The monoisotopic (exact) mass is 288 g/mol. The summed E-state index contributed by atoms with van der Waals surface area (Å²) in [5, 5.41) is 9.18. The molecule has 0 unspecified atom stereocenters. The first-order valence-electron chi connectivity index (χ1n) is 7.42. The highest BCUT2D eigenvalue weighted by atomic mass is 16.3. The predicted molar refractivity (Wildman–Crippen MR) is 78.9 cm³/mol. The Morgan fingerprint density at radius 3 is 2.67 bits per heavy atom. The minimum Gasteiger partial charge on any atom is -0.395 e. The fraction of sp³-hybridized carbons (Fsp3) is 0.500. The molecule has 21 heavy (non-hydrogen) atoms. The standard InChI is InChI=1S/C16H20N2O3/c1-11(20)18-14-5-3-2-4-12(14)10-15(18)16(21)17(8-9-19)13-6-7-13/h2-5,13,15,19H,6-10H2,1H3/t15-/m0/s1. The van der Waals surface area contributed by atoms with Crippen LogP contribution in [0.15, 0.2) is 24.3 Å². The fourth-order valence-corrected chi connectivity index (χ4v) is 3.13. The molecule has 0 spiro atoms. The number of carbonyl (C=O) groups is 2. The van der Waals surface area contributed by atoms with Gasteiger partial charge in [-0.1, -0.05) is 18.2 Å². The lowest BCUT2D eigenvalue weighted by Gasteiger charge is -2.29. The summed E-state index contributed by atoms with van der Waals surface area (Å²) in [6, 6.07) is 7.43. The van der Waals surface area contributed by atoms with Crippen molar-refractivity contribution in [3.8, 4) is 0 Å². The van der Waals surface area contributed by atoms with Crippen molar-refractivity contribution in [1.82, 2.24) is 4.90 Å². The van der Waals surface area contributed by atoms with Gasteiger partial charge in [0.25, 0.3) is 0 Å². The van der Waals surface area contributed by atoms with Gasteiger partial charge in [-0.25, -0.2) is 0 Å². The van der Waals surface area contributed by atoms with E-state index in [9.17, 15) is 14.7 Å². The number of para-hydroxylation sites is 1. The van der Waals surface area contributed by atoms with E-state index in [1.165, 1.54) is 6.92 Å². The van der Waals surface area contributed by atoms with Crippen molar-refractivity contribution in [3.63, 3.8) is 0 Å². The number of nitrogens with zero attached hydrogens (tertiary/aromatic N) is 2. The molecule has 1 fully saturated rings. The molecule has 3 rings (SSSR count). The molecule has 1 saturated carbocycles. The number of carbonyl (C=O) groups excluding carboxylic acids is 2. The molecule has 5 nitrogen and oxygen atoms in total. The summed E-state index contributed by atoms with van der Waals surface area (Å²) in [5.41, 5.74) is 1.87. The van der Waals surface area contributed by atoms with Crippen LogP contribution in [0.2, 0.25) is 0 Å². The molecule has 1 atom stereocenters. The molecular weight excluding hydrogens is 268 g/mol. The van der Waals surface area contributed by atoms with E-state index in [1.54, 1.807) is 9.80 Å². The van der Waals surface area contributed by atoms with E-state index >= 15 is 0 Å². The second-order valence-corrected chi connectivity index (χ2v) is 5.72. The van der Waals surface area contributed by atoms with Crippen LogP contribution in [0.4, 0.5) is 5.69 Å². The summed E-state index contributed by atoms with van der Waals surface area (Å²) < 4.78 is 0. The van der Waals surface area contributed by atoms with E-state index < -0.39 is 6.04 Å². The first-order chi connectivity index (χ1) is 10.1. The number of hydrogen-bond acceptors (Lipinski definition) is 3. The maximum Gasteiger partial charge on any atom is 0.246 e. The summed E-state index contributed by atoms with van der Waals surface area (Å²) in [5.74, 6) is -0.156. The summed E-state index contributed by atoms with van der Waals surface area (Å²) in [7, 11) is 0. The zero-order valence-corrected chi connectivity index (χ0v) is 12.2. The Balaban J connectivity index is 1.87. The number of amides is 2. The minimum atomic E-state index is -0.466. The van der Waals surface area contributed by atoms with Crippen molar-refractivity contribution in [1.29, 1.82) is 0 Å². The van der Waals surface area contributed by atoms with E-state index in [-0.39, 0.29) is 24.5 Å². The molecule has 2 amide bonds. The lowest BCUT2D eigenvalue weighted by atomic mass is 10.1. The summed E-state index contributed by atoms with van der Waals surface area (Å²) in [4.78, 5) is 28.2. The van der Waals surface area contributed by atoms with Gasteiger partial charge in [0.2, 0.25) is 11.8 Å². The van der Waals surface area contributed by atoms with E-state index in [0.717, 1.165) is 24.1 Å². The van der Waals surface area contributed by atoms with Crippen molar-refractivity contribution in [2.45, 2.75) is 38.3 Å². The molecule has 1 aromatic carbocycles. The van der Waals surface area contributed by atoms with Gasteiger partial charge in [0.15, 0.2) is 0 Å². The maximum atomic E-state index is 12.8. The van der Waals surface area contributed by atoms with Gasteiger partial charge in [0, 0.05) is 31.6 Å². The average Bonchev–Trinajstić information content (AvgIpc) is 3.22. The molecule has 0 bridgehead atoms. The van der Waals surface area contributed by atoms with Crippen molar-refractivity contribution in [3.05, 3.63) is 29.8 Å². The topological polar surface area (TPSA) is 60.9 Å². The molecular formula is C16H20N2O3. The van der Waals surface area contributed by atoms with Crippen LogP contribution in [0.1, 0.15) is 25.3 Å². The molecule has 1 heterocycles. The van der Waals surface area contributed by atoms with Crippen molar-refractivity contribution < 1.29 is 14.7 Å². The van der Waals surface area contributed by atoms with Gasteiger partial charge >= 0.3 is 0 Å².